The second-order valence-electron chi connectivity index (χ2n) is 7.76. The van der Waals surface area contributed by atoms with Gasteiger partial charge in [0.05, 0.1) is 0 Å². The highest BCUT2D eigenvalue weighted by atomic mass is 16.2. The lowest BCUT2D eigenvalue weighted by atomic mass is 10.1. The van der Waals surface area contributed by atoms with E-state index in [2.05, 4.69) is 30.0 Å². The van der Waals surface area contributed by atoms with Crippen LogP contribution < -0.4 is 14.7 Å². The van der Waals surface area contributed by atoms with Crippen molar-refractivity contribution >= 4 is 28.9 Å². The summed E-state index contributed by atoms with van der Waals surface area (Å²) in [5.41, 5.74) is 4.10. The van der Waals surface area contributed by atoms with Crippen LogP contribution in [0.3, 0.4) is 0 Å². The number of carbonyl (C=O) groups excluding carboxylic acids is 2. The highest BCUT2D eigenvalue weighted by Gasteiger charge is 2.32. The molecule has 28 heavy (non-hydrogen) atoms. The van der Waals surface area contributed by atoms with E-state index in [1.54, 1.807) is 4.90 Å². The van der Waals surface area contributed by atoms with Crippen molar-refractivity contribution in [2.24, 2.45) is 0 Å². The van der Waals surface area contributed by atoms with Crippen molar-refractivity contribution in [1.82, 2.24) is 0 Å². The number of carbonyl (C=O) groups is 2. The van der Waals surface area contributed by atoms with Crippen LogP contribution in [0.5, 0.6) is 0 Å². The third kappa shape index (κ3) is 3.49. The van der Waals surface area contributed by atoms with Gasteiger partial charge in [-0.3, -0.25) is 9.59 Å². The van der Waals surface area contributed by atoms with Gasteiger partial charge in [-0.05, 0) is 62.1 Å². The zero-order chi connectivity index (χ0) is 19.7. The molecule has 0 radical (unpaired) electrons. The van der Waals surface area contributed by atoms with Crippen LogP contribution in [0.25, 0.3) is 0 Å². The van der Waals surface area contributed by atoms with Crippen LogP contribution in [0.4, 0.5) is 17.1 Å². The molecule has 2 heterocycles. The van der Waals surface area contributed by atoms with Gasteiger partial charge in [-0.25, -0.2) is 0 Å². The highest BCUT2D eigenvalue weighted by Crippen LogP contribution is 2.32. The lowest BCUT2D eigenvalue weighted by molar-refractivity contribution is -0.121. The Morgan fingerprint density at radius 2 is 1.71 bits per heavy atom. The molecular formula is C23H27N3O2. The van der Waals surface area contributed by atoms with Gasteiger partial charge >= 0.3 is 0 Å². The van der Waals surface area contributed by atoms with E-state index in [0.717, 1.165) is 30.9 Å². The summed E-state index contributed by atoms with van der Waals surface area (Å²) in [7, 11) is 0. The minimum atomic E-state index is -0.123. The fraction of sp³-hybridized carbons (Fsp3) is 0.391. The summed E-state index contributed by atoms with van der Waals surface area (Å²) in [5, 5.41) is 0. The zero-order valence-electron chi connectivity index (χ0n) is 16.6. The molecule has 0 saturated carbocycles. The maximum atomic E-state index is 13.1. The molecule has 0 aromatic heterocycles. The normalized spacial score (nSPS) is 18.3. The van der Waals surface area contributed by atoms with Crippen LogP contribution in [0.2, 0.25) is 0 Å². The van der Waals surface area contributed by atoms with Gasteiger partial charge in [0.1, 0.15) is 6.54 Å². The van der Waals surface area contributed by atoms with Crippen LogP contribution in [-0.4, -0.2) is 37.5 Å². The maximum Gasteiger partial charge on any atom is 0.247 e. The molecule has 0 aliphatic carbocycles. The van der Waals surface area contributed by atoms with Gasteiger partial charge in [0.2, 0.25) is 11.8 Å². The van der Waals surface area contributed by atoms with E-state index >= 15 is 0 Å². The molecular weight excluding hydrogens is 350 g/mol. The van der Waals surface area contributed by atoms with Gasteiger partial charge in [-0.1, -0.05) is 18.2 Å². The fourth-order valence-corrected chi connectivity index (χ4v) is 4.36. The maximum absolute atomic E-state index is 13.1. The molecule has 2 aromatic rings. The zero-order valence-corrected chi connectivity index (χ0v) is 16.6. The second-order valence-corrected chi connectivity index (χ2v) is 7.76. The molecule has 1 atom stereocenters. The molecule has 4 rings (SSSR count). The first kappa shape index (κ1) is 18.5. The Kier molecular flexibility index (Phi) is 5.07. The van der Waals surface area contributed by atoms with Crippen LogP contribution in [0.1, 0.15) is 32.3 Å². The third-order valence-corrected chi connectivity index (χ3v) is 5.78. The smallest absolute Gasteiger partial charge is 0.247 e. The monoisotopic (exact) mass is 377 g/mol. The van der Waals surface area contributed by atoms with Crippen LogP contribution in [0, 0.1) is 0 Å². The number of benzene rings is 2. The number of hydrogen-bond donors (Lipinski definition) is 0. The van der Waals surface area contributed by atoms with Gasteiger partial charge < -0.3 is 14.7 Å². The minimum absolute atomic E-state index is 0.0451. The summed E-state index contributed by atoms with van der Waals surface area (Å²) in [6, 6.07) is 16.1. The Balaban J connectivity index is 1.52. The number of anilines is 3. The van der Waals surface area contributed by atoms with Crippen molar-refractivity contribution in [3.05, 3.63) is 54.1 Å². The summed E-state index contributed by atoms with van der Waals surface area (Å²) >= 11 is 0. The largest absolute Gasteiger partial charge is 0.372 e. The summed E-state index contributed by atoms with van der Waals surface area (Å²) < 4.78 is 0. The summed E-state index contributed by atoms with van der Waals surface area (Å²) in [6.45, 7) is 5.79. The van der Waals surface area contributed by atoms with Gasteiger partial charge in [0.25, 0.3) is 0 Å². The molecule has 5 heteroatoms. The van der Waals surface area contributed by atoms with Crippen molar-refractivity contribution in [1.29, 1.82) is 0 Å². The predicted octanol–water partition coefficient (Wildman–Crippen LogP) is 3.62. The van der Waals surface area contributed by atoms with Crippen LogP contribution >= 0.6 is 0 Å². The number of fused-ring (bicyclic) bond motifs is 1. The quantitative estimate of drug-likeness (QED) is 0.817. The van der Waals surface area contributed by atoms with E-state index in [1.165, 1.54) is 31.0 Å². The number of nitrogens with zero attached hydrogens (tertiary/aromatic N) is 3. The average molecular weight is 377 g/mol. The van der Waals surface area contributed by atoms with Gasteiger partial charge in [0, 0.05) is 43.1 Å². The Bertz CT molecular complexity index is 872. The SMILES string of the molecule is CC(=O)N(CC(=O)N1c2ccccc2CC1C)c1ccc(N2CCCC2)cc1. The highest BCUT2D eigenvalue weighted by molar-refractivity contribution is 6.04. The lowest BCUT2D eigenvalue weighted by Gasteiger charge is -2.28. The summed E-state index contributed by atoms with van der Waals surface area (Å²) in [4.78, 5) is 31.2. The number of hydrogen-bond acceptors (Lipinski definition) is 3. The average Bonchev–Trinajstić information content (AvgIpc) is 3.33. The molecule has 2 aliphatic heterocycles. The van der Waals surface area contributed by atoms with Crippen molar-refractivity contribution in [3.8, 4) is 0 Å². The van der Waals surface area contributed by atoms with Gasteiger partial charge in [0.15, 0.2) is 0 Å². The Morgan fingerprint density at radius 3 is 2.39 bits per heavy atom. The fourth-order valence-electron chi connectivity index (χ4n) is 4.36. The molecule has 1 saturated heterocycles. The molecule has 146 valence electrons. The van der Waals surface area contributed by atoms with Crippen molar-refractivity contribution in [2.75, 3.05) is 34.3 Å². The Hall–Kier alpha value is -2.82. The first-order valence-electron chi connectivity index (χ1n) is 10.1. The molecule has 5 nitrogen and oxygen atoms in total. The van der Waals surface area contributed by atoms with Crippen molar-refractivity contribution in [2.45, 2.75) is 39.2 Å². The summed E-state index contributed by atoms with van der Waals surface area (Å²) in [6.07, 6.45) is 3.31. The van der Waals surface area contributed by atoms with E-state index < -0.39 is 0 Å². The third-order valence-electron chi connectivity index (χ3n) is 5.78. The molecule has 0 bridgehead atoms. The summed E-state index contributed by atoms with van der Waals surface area (Å²) in [5.74, 6) is -0.168. The molecule has 2 aromatic carbocycles. The number of rotatable bonds is 4. The molecule has 2 aliphatic rings. The van der Waals surface area contributed by atoms with Crippen molar-refractivity contribution in [3.63, 3.8) is 0 Å². The Labute approximate surface area is 166 Å². The van der Waals surface area contributed by atoms with E-state index in [1.807, 2.05) is 35.2 Å². The topological polar surface area (TPSA) is 43.9 Å². The Morgan fingerprint density at radius 1 is 1.04 bits per heavy atom. The van der Waals surface area contributed by atoms with Gasteiger partial charge in [-0.15, -0.1) is 0 Å². The molecule has 1 fully saturated rings. The van der Waals surface area contributed by atoms with Crippen molar-refractivity contribution < 1.29 is 9.59 Å². The first-order valence-corrected chi connectivity index (χ1v) is 10.1. The number of para-hydroxylation sites is 1. The molecule has 2 amide bonds. The standard InChI is InChI=1S/C23H27N3O2/c1-17-15-19-7-3-4-8-22(19)26(17)23(28)16-25(18(2)27)21-11-9-20(10-12-21)24-13-5-6-14-24/h3-4,7-12,17H,5-6,13-16H2,1-2H3. The van der Waals surface area contributed by atoms with E-state index in [0.29, 0.717) is 0 Å². The minimum Gasteiger partial charge on any atom is -0.372 e. The molecule has 0 spiro atoms. The first-order chi connectivity index (χ1) is 13.5. The van der Waals surface area contributed by atoms with Crippen LogP contribution in [0.15, 0.2) is 48.5 Å². The lowest BCUT2D eigenvalue weighted by Crippen LogP contribution is -2.44. The van der Waals surface area contributed by atoms with Crippen LogP contribution in [-0.2, 0) is 16.0 Å². The molecule has 0 N–H and O–H groups in total. The van der Waals surface area contributed by atoms with E-state index in [4.69, 9.17) is 0 Å². The van der Waals surface area contributed by atoms with Gasteiger partial charge in [-0.2, -0.15) is 0 Å². The van der Waals surface area contributed by atoms with E-state index in [-0.39, 0.29) is 24.4 Å². The van der Waals surface area contributed by atoms with E-state index in [9.17, 15) is 9.59 Å². The predicted molar refractivity (Wildman–Crippen MR) is 113 cm³/mol. The molecule has 1 unspecified atom stereocenters. The number of amides is 2. The second kappa shape index (κ2) is 7.66.